The smallest absolute Gasteiger partial charge is 0.161 e. The molecular weight excluding hydrogens is 274 g/mol. The van der Waals surface area contributed by atoms with E-state index < -0.39 is 0 Å². The molecule has 3 rings (SSSR count). The number of hydrogen-bond donors (Lipinski definition) is 1. The standard InChI is InChI=1S/C16H16ClNO2/c1-11-13(17)3-2-4-14(11)18-10-12-5-6-15-16(9-12)20-8-7-19-15/h2-6,9,18H,7-8,10H2,1H3. The van der Waals surface area contributed by atoms with Crippen LogP contribution in [0, 0.1) is 6.92 Å². The zero-order valence-electron chi connectivity index (χ0n) is 11.3. The van der Waals surface area contributed by atoms with Gasteiger partial charge in [0, 0.05) is 17.3 Å². The van der Waals surface area contributed by atoms with E-state index in [2.05, 4.69) is 5.32 Å². The van der Waals surface area contributed by atoms with E-state index in [-0.39, 0.29) is 0 Å². The van der Waals surface area contributed by atoms with Crippen molar-refractivity contribution in [2.24, 2.45) is 0 Å². The van der Waals surface area contributed by atoms with Crippen LogP contribution < -0.4 is 14.8 Å². The third-order valence-electron chi connectivity index (χ3n) is 3.36. The second-order valence-corrected chi connectivity index (χ2v) is 5.15. The van der Waals surface area contributed by atoms with Gasteiger partial charge in [-0.15, -0.1) is 0 Å². The molecule has 104 valence electrons. The number of anilines is 1. The molecule has 0 amide bonds. The maximum absolute atomic E-state index is 6.11. The van der Waals surface area contributed by atoms with Gasteiger partial charge in [0.05, 0.1) is 0 Å². The van der Waals surface area contributed by atoms with Crippen molar-refractivity contribution in [3.63, 3.8) is 0 Å². The Labute approximate surface area is 123 Å². The summed E-state index contributed by atoms with van der Waals surface area (Å²) in [7, 11) is 0. The fourth-order valence-electron chi connectivity index (χ4n) is 2.19. The van der Waals surface area contributed by atoms with Crippen LogP contribution in [0.15, 0.2) is 36.4 Å². The van der Waals surface area contributed by atoms with Gasteiger partial charge in [-0.05, 0) is 42.3 Å². The molecule has 0 aliphatic carbocycles. The van der Waals surface area contributed by atoms with E-state index in [9.17, 15) is 0 Å². The number of hydrogen-bond acceptors (Lipinski definition) is 3. The predicted molar refractivity (Wildman–Crippen MR) is 80.9 cm³/mol. The van der Waals surface area contributed by atoms with Crippen molar-refractivity contribution in [2.75, 3.05) is 18.5 Å². The van der Waals surface area contributed by atoms with Crippen molar-refractivity contribution in [1.29, 1.82) is 0 Å². The lowest BCUT2D eigenvalue weighted by Crippen LogP contribution is -2.15. The van der Waals surface area contributed by atoms with E-state index in [1.54, 1.807) is 0 Å². The molecule has 1 aliphatic rings. The van der Waals surface area contributed by atoms with Crippen molar-refractivity contribution < 1.29 is 9.47 Å². The summed E-state index contributed by atoms with van der Waals surface area (Å²) >= 11 is 6.11. The molecule has 0 radical (unpaired) electrons. The van der Waals surface area contributed by atoms with Crippen LogP contribution in [0.3, 0.4) is 0 Å². The van der Waals surface area contributed by atoms with Crippen LogP contribution in [0.4, 0.5) is 5.69 Å². The number of ether oxygens (including phenoxy) is 2. The number of benzene rings is 2. The van der Waals surface area contributed by atoms with Crippen molar-refractivity contribution in [2.45, 2.75) is 13.5 Å². The predicted octanol–water partition coefficient (Wildman–Crippen LogP) is 4.03. The maximum Gasteiger partial charge on any atom is 0.161 e. The normalized spacial score (nSPS) is 13.1. The van der Waals surface area contributed by atoms with Crippen LogP contribution in [0.5, 0.6) is 11.5 Å². The lowest BCUT2D eigenvalue weighted by Gasteiger charge is -2.19. The van der Waals surface area contributed by atoms with Gasteiger partial charge in [-0.3, -0.25) is 0 Å². The van der Waals surface area contributed by atoms with E-state index in [1.165, 1.54) is 0 Å². The highest BCUT2D eigenvalue weighted by Crippen LogP contribution is 2.31. The number of rotatable bonds is 3. The molecule has 1 heterocycles. The lowest BCUT2D eigenvalue weighted by molar-refractivity contribution is 0.171. The fraction of sp³-hybridized carbons (Fsp3) is 0.250. The molecule has 4 heteroatoms. The van der Waals surface area contributed by atoms with Gasteiger partial charge < -0.3 is 14.8 Å². The molecule has 3 nitrogen and oxygen atoms in total. The van der Waals surface area contributed by atoms with Gasteiger partial charge in [-0.25, -0.2) is 0 Å². The molecule has 1 aliphatic heterocycles. The first-order valence-electron chi connectivity index (χ1n) is 6.61. The Kier molecular flexibility index (Phi) is 3.70. The van der Waals surface area contributed by atoms with Crippen molar-refractivity contribution in [1.82, 2.24) is 0 Å². The van der Waals surface area contributed by atoms with Crippen LogP contribution in [0.1, 0.15) is 11.1 Å². The van der Waals surface area contributed by atoms with Crippen LogP contribution in [0.2, 0.25) is 5.02 Å². The topological polar surface area (TPSA) is 30.5 Å². The molecule has 0 fully saturated rings. The maximum atomic E-state index is 6.11. The van der Waals surface area contributed by atoms with E-state index in [0.29, 0.717) is 13.2 Å². The van der Waals surface area contributed by atoms with Crippen LogP contribution in [-0.2, 0) is 6.54 Å². The third kappa shape index (κ3) is 2.68. The molecule has 0 atom stereocenters. The Morgan fingerprint density at radius 3 is 2.75 bits per heavy atom. The van der Waals surface area contributed by atoms with E-state index >= 15 is 0 Å². The molecule has 0 unspecified atom stereocenters. The molecule has 2 aromatic carbocycles. The van der Waals surface area contributed by atoms with Crippen molar-refractivity contribution in [3.05, 3.63) is 52.5 Å². The van der Waals surface area contributed by atoms with Gasteiger partial charge in [0.1, 0.15) is 13.2 Å². The molecule has 0 aromatic heterocycles. The van der Waals surface area contributed by atoms with Gasteiger partial charge in [0.15, 0.2) is 11.5 Å². The highest BCUT2D eigenvalue weighted by Gasteiger charge is 2.11. The first kappa shape index (κ1) is 13.1. The molecule has 0 spiro atoms. The molecule has 0 saturated carbocycles. The first-order chi connectivity index (χ1) is 9.74. The summed E-state index contributed by atoms with van der Waals surface area (Å²) in [4.78, 5) is 0. The minimum atomic E-state index is 0.608. The Bertz CT molecular complexity index is 628. The molecule has 1 N–H and O–H groups in total. The zero-order valence-corrected chi connectivity index (χ0v) is 12.0. The van der Waals surface area contributed by atoms with E-state index in [0.717, 1.165) is 39.9 Å². The quantitative estimate of drug-likeness (QED) is 0.925. The molecule has 0 bridgehead atoms. The van der Waals surface area contributed by atoms with E-state index in [1.807, 2.05) is 43.3 Å². The van der Waals surface area contributed by atoms with Gasteiger partial charge in [0.25, 0.3) is 0 Å². The Hall–Kier alpha value is -1.87. The summed E-state index contributed by atoms with van der Waals surface area (Å²) < 4.78 is 11.1. The highest BCUT2D eigenvalue weighted by molar-refractivity contribution is 6.31. The zero-order chi connectivity index (χ0) is 13.9. The summed E-state index contributed by atoms with van der Waals surface area (Å²) in [6.07, 6.45) is 0. The summed E-state index contributed by atoms with van der Waals surface area (Å²) in [6, 6.07) is 11.9. The second kappa shape index (κ2) is 5.63. The minimum absolute atomic E-state index is 0.608. The Balaban J connectivity index is 1.73. The SMILES string of the molecule is Cc1c(Cl)cccc1NCc1ccc2c(c1)OCCO2. The van der Waals surface area contributed by atoms with Gasteiger partial charge >= 0.3 is 0 Å². The highest BCUT2D eigenvalue weighted by atomic mass is 35.5. The first-order valence-corrected chi connectivity index (χ1v) is 6.99. The molecular formula is C16H16ClNO2. The number of halogens is 1. The molecule has 20 heavy (non-hydrogen) atoms. The third-order valence-corrected chi connectivity index (χ3v) is 3.77. The summed E-state index contributed by atoms with van der Waals surface area (Å²) in [5.74, 6) is 1.64. The van der Waals surface area contributed by atoms with Gasteiger partial charge in [-0.1, -0.05) is 23.7 Å². The molecule has 2 aromatic rings. The minimum Gasteiger partial charge on any atom is -0.486 e. The average molecular weight is 290 g/mol. The number of nitrogens with one attached hydrogen (secondary N) is 1. The molecule has 0 saturated heterocycles. The van der Waals surface area contributed by atoms with Gasteiger partial charge in [0.2, 0.25) is 0 Å². The van der Waals surface area contributed by atoms with Crippen molar-refractivity contribution >= 4 is 17.3 Å². The monoisotopic (exact) mass is 289 g/mol. The van der Waals surface area contributed by atoms with Crippen LogP contribution in [0.25, 0.3) is 0 Å². The number of fused-ring (bicyclic) bond motifs is 1. The Morgan fingerprint density at radius 2 is 1.90 bits per heavy atom. The lowest BCUT2D eigenvalue weighted by atomic mass is 10.1. The van der Waals surface area contributed by atoms with Crippen LogP contribution >= 0.6 is 11.6 Å². The van der Waals surface area contributed by atoms with Gasteiger partial charge in [-0.2, -0.15) is 0 Å². The largest absolute Gasteiger partial charge is 0.486 e. The summed E-state index contributed by atoms with van der Waals surface area (Å²) in [6.45, 7) is 3.95. The van der Waals surface area contributed by atoms with Crippen LogP contribution in [-0.4, -0.2) is 13.2 Å². The average Bonchev–Trinajstić information content (AvgIpc) is 2.48. The summed E-state index contributed by atoms with van der Waals surface area (Å²) in [5.41, 5.74) is 3.26. The van der Waals surface area contributed by atoms with Crippen molar-refractivity contribution in [3.8, 4) is 11.5 Å². The Morgan fingerprint density at radius 1 is 1.10 bits per heavy atom. The summed E-state index contributed by atoms with van der Waals surface area (Å²) in [5, 5.41) is 4.17. The fourth-order valence-corrected chi connectivity index (χ4v) is 2.37. The second-order valence-electron chi connectivity index (χ2n) is 4.74. The van der Waals surface area contributed by atoms with E-state index in [4.69, 9.17) is 21.1 Å².